The number of esters is 1. The minimum atomic E-state index is -0.205. The number of rotatable bonds is 3. The second-order valence-electron chi connectivity index (χ2n) is 2.79. The molecule has 0 spiro atoms. The molecule has 1 aliphatic heterocycles. The van der Waals surface area contributed by atoms with Crippen molar-refractivity contribution in [2.45, 2.75) is 6.92 Å². The van der Waals surface area contributed by atoms with Gasteiger partial charge in [-0.15, -0.1) is 0 Å². The van der Waals surface area contributed by atoms with Gasteiger partial charge in [0.2, 0.25) is 0 Å². The molecule has 0 aromatic rings. The summed E-state index contributed by atoms with van der Waals surface area (Å²) in [5.74, 6) is -0.205. The lowest BCUT2D eigenvalue weighted by Gasteiger charge is -2.25. The standard InChI is InChI=1S/C8H15NO3/c1-8(10)12-7-4-9-2-5-11-6-3-9/h2-7H2,1H3. The topological polar surface area (TPSA) is 38.8 Å². The van der Waals surface area contributed by atoms with E-state index >= 15 is 0 Å². The van der Waals surface area contributed by atoms with Gasteiger partial charge in [-0.05, 0) is 0 Å². The van der Waals surface area contributed by atoms with Crippen molar-refractivity contribution in [1.82, 2.24) is 4.90 Å². The van der Waals surface area contributed by atoms with Crippen LogP contribution in [0.5, 0.6) is 0 Å². The molecule has 0 radical (unpaired) electrons. The monoisotopic (exact) mass is 173 g/mol. The van der Waals surface area contributed by atoms with Crippen molar-refractivity contribution < 1.29 is 14.3 Å². The quantitative estimate of drug-likeness (QED) is 0.558. The number of nitrogens with zero attached hydrogens (tertiary/aromatic N) is 1. The Morgan fingerprint density at radius 1 is 1.50 bits per heavy atom. The molecule has 1 aliphatic rings. The molecule has 0 aromatic carbocycles. The van der Waals surface area contributed by atoms with Gasteiger partial charge in [0, 0.05) is 26.6 Å². The minimum Gasteiger partial charge on any atom is -0.465 e. The molecule has 1 fully saturated rings. The van der Waals surface area contributed by atoms with Crippen molar-refractivity contribution in [3.05, 3.63) is 0 Å². The van der Waals surface area contributed by atoms with Gasteiger partial charge in [0.25, 0.3) is 0 Å². The summed E-state index contributed by atoms with van der Waals surface area (Å²) in [7, 11) is 0. The normalized spacial score (nSPS) is 19.1. The predicted molar refractivity (Wildman–Crippen MR) is 43.9 cm³/mol. The van der Waals surface area contributed by atoms with Crippen molar-refractivity contribution in [2.24, 2.45) is 0 Å². The SMILES string of the molecule is CC(=O)OCCN1CCOCC1. The number of hydrogen-bond acceptors (Lipinski definition) is 4. The molecule has 1 heterocycles. The lowest BCUT2D eigenvalue weighted by Crippen LogP contribution is -2.38. The van der Waals surface area contributed by atoms with Gasteiger partial charge in [-0.1, -0.05) is 0 Å². The molecule has 0 atom stereocenters. The van der Waals surface area contributed by atoms with Crippen molar-refractivity contribution >= 4 is 5.97 Å². The van der Waals surface area contributed by atoms with Crippen molar-refractivity contribution in [3.8, 4) is 0 Å². The Balaban J connectivity index is 2.01. The second kappa shape index (κ2) is 5.11. The summed E-state index contributed by atoms with van der Waals surface area (Å²) >= 11 is 0. The zero-order valence-electron chi connectivity index (χ0n) is 7.41. The van der Waals surface area contributed by atoms with Crippen LogP contribution in [0.1, 0.15) is 6.92 Å². The number of carbonyl (C=O) groups is 1. The smallest absolute Gasteiger partial charge is 0.302 e. The van der Waals surface area contributed by atoms with Crippen molar-refractivity contribution in [1.29, 1.82) is 0 Å². The Hall–Kier alpha value is -0.610. The third kappa shape index (κ3) is 3.69. The summed E-state index contributed by atoms with van der Waals surface area (Å²) < 4.78 is 10.0. The van der Waals surface area contributed by atoms with Crippen LogP contribution < -0.4 is 0 Å². The number of hydrogen-bond donors (Lipinski definition) is 0. The first kappa shape index (κ1) is 9.48. The molecule has 4 nitrogen and oxygen atoms in total. The van der Waals surface area contributed by atoms with Gasteiger partial charge < -0.3 is 9.47 Å². The third-order valence-corrected chi connectivity index (χ3v) is 1.82. The third-order valence-electron chi connectivity index (χ3n) is 1.82. The average molecular weight is 173 g/mol. The van der Waals surface area contributed by atoms with Gasteiger partial charge in [-0.25, -0.2) is 0 Å². The molecule has 4 heteroatoms. The molecule has 1 saturated heterocycles. The van der Waals surface area contributed by atoms with Crippen LogP contribution in [0.15, 0.2) is 0 Å². The summed E-state index contributed by atoms with van der Waals surface area (Å²) in [5, 5.41) is 0. The van der Waals surface area contributed by atoms with Crippen LogP contribution >= 0.6 is 0 Å². The van der Waals surface area contributed by atoms with E-state index in [1.165, 1.54) is 6.92 Å². The molecular formula is C8H15NO3. The highest BCUT2D eigenvalue weighted by atomic mass is 16.5. The highest BCUT2D eigenvalue weighted by Crippen LogP contribution is 1.95. The van der Waals surface area contributed by atoms with E-state index in [2.05, 4.69) is 4.90 Å². The highest BCUT2D eigenvalue weighted by molar-refractivity contribution is 5.65. The van der Waals surface area contributed by atoms with Gasteiger partial charge in [-0.2, -0.15) is 0 Å². The van der Waals surface area contributed by atoms with E-state index in [1.807, 2.05) is 0 Å². The fourth-order valence-corrected chi connectivity index (χ4v) is 1.14. The zero-order valence-corrected chi connectivity index (χ0v) is 7.41. The molecule has 0 saturated carbocycles. The van der Waals surface area contributed by atoms with E-state index < -0.39 is 0 Å². The van der Waals surface area contributed by atoms with E-state index in [0.29, 0.717) is 6.61 Å². The largest absolute Gasteiger partial charge is 0.465 e. The first-order valence-electron chi connectivity index (χ1n) is 4.22. The van der Waals surface area contributed by atoms with Crippen molar-refractivity contribution in [3.63, 3.8) is 0 Å². The summed E-state index contributed by atoms with van der Waals surface area (Å²) in [4.78, 5) is 12.6. The molecule has 0 unspecified atom stereocenters. The van der Waals surface area contributed by atoms with Gasteiger partial charge in [0.05, 0.1) is 13.2 Å². The van der Waals surface area contributed by atoms with E-state index in [9.17, 15) is 4.79 Å². The Labute approximate surface area is 72.4 Å². The van der Waals surface area contributed by atoms with Gasteiger partial charge in [-0.3, -0.25) is 9.69 Å². The summed E-state index contributed by atoms with van der Waals surface area (Å²) in [6.07, 6.45) is 0. The Morgan fingerprint density at radius 2 is 2.17 bits per heavy atom. The Kier molecular flexibility index (Phi) is 4.04. The van der Waals surface area contributed by atoms with E-state index in [-0.39, 0.29) is 5.97 Å². The lowest BCUT2D eigenvalue weighted by atomic mass is 10.4. The Morgan fingerprint density at radius 3 is 2.75 bits per heavy atom. The lowest BCUT2D eigenvalue weighted by molar-refractivity contribution is -0.141. The van der Waals surface area contributed by atoms with E-state index in [4.69, 9.17) is 9.47 Å². The van der Waals surface area contributed by atoms with E-state index in [0.717, 1.165) is 32.8 Å². The molecular weight excluding hydrogens is 158 g/mol. The number of ether oxygens (including phenoxy) is 2. The highest BCUT2D eigenvalue weighted by Gasteiger charge is 2.09. The Bertz CT molecular complexity index is 143. The molecule has 0 amide bonds. The number of morpholine rings is 1. The molecule has 0 N–H and O–H groups in total. The first-order valence-corrected chi connectivity index (χ1v) is 4.22. The minimum absolute atomic E-state index is 0.205. The fourth-order valence-electron chi connectivity index (χ4n) is 1.14. The molecule has 0 aromatic heterocycles. The van der Waals surface area contributed by atoms with Crippen LogP contribution in [0.3, 0.4) is 0 Å². The van der Waals surface area contributed by atoms with Gasteiger partial charge >= 0.3 is 5.97 Å². The summed E-state index contributed by atoms with van der Waals surface area (Å²) in [6, 6.07) is 0. The predicted octanol–water partition coefficient (Wildman–Crippen LogP) is -0.118. The summed E-state index contributed by atoms with van der Waals surface area (Å²) in [5.41, 5.74) is 0. The maximum atomic E-state index is 10.4. The van der Waals surface area contributed by atoms with Crippen molar-refractivity contribution in [2.75, 3.05) is 39.5 Å². The van der Waals surface area contributed by atoms with Gasteiger partial charge in [0.1, 0.15) is 6.61 Å². The average Bonchev–Trinajstić information content (AvgIpc) is 2.05. The molecule has 0 aliphatic carbocycles. The molecule has 70 valence electrons. The van der Waals surface area contributed by atoms with Crippen LogP contribution in [-0.2, 0) is 14.3 Å². The maximum Gasteiger partial charge on any atom is 0.302 e. The zero-order chi connectivity index (χ0) is 8.81. The molecule has 1 rings (SSSR count). The molecule has 12 heavy (non-hydrogen) atoms. The fraction of sp³-hybridized carbons (Fsp3) is 0.875. The summed E-state index contributed by atoms with van der Waals surface area (Å²) in [6.45, 7) is 6.22. The van der Waals surface area contributed by atoms with Gasteiger partial charge in [0.15, 0.2) is 0 Å². The van der Waals surface area contributed by atoms with Crippen LogP contribution in [0.2, 0.25) is 0 Å². The van der Waals surface area contributed by atoms with Crippen LogP contribution in [0, 0.1) is 0 Å². The maximum absolute atomic E-state index is 10.4. The first-order chi connectivity index (χ1) is 5.79. The second-order valence-corrected chi connectivity index (χ2v) is 2.79. The van der Waals surface area contributed by atoms with Crippen LogP contribution in [-0.4, -0.2) is 50.3 Å². The van der Waals surface area contributed by atoms with E-state index in [1.54, 1.807) is 0 Å². The number of carbonyl (C=O) groups excluding carboxylic acids is 1. The van der Waals surface area contributed by atoms with Crippen LogP contribution in [0.4, 0.5) is 0 Å². The molecule has 0 bridgehead atoms. The van der Waals surface area contributed by atoms with Crippen LogP contribution in [0.25, 0.3) is 0 Å².